The molecule has 9 nitrogen and oxygen atoms in total. The Kier molecular flexibility index (Phi) is 5.18. The fourth-order valence-electron chi connectivity index (χ4n) is 2.23. The van der Waals surface area contributed by atoms with Crippen molar-refractivity contribution >= 4 is 17.6 Å². The predicted octanol–water partition coefficient (Wildman–Crippen LogP) is 2.27. The number of amides is 1. The smallest absolute Gasteiger partial charge is 0.410 e. The first-order valence-corrected chi connectivity index (χ1v) is 7.67. The van der Waals surface area contributed by atoms with E-state index in [0.717, 1.165) is 11.3 Å². The largest absolute Gasteiger partial charge is 0.465 e. The summed E-state index contributed by atoms with van der Waals surface area (Å²) in [5.41, 5.74) is 2.28. The van der Waals surface area contributed by atoms with Crippen molar-refractivity contribution in [3.63, 3.8) is 0 Å². The van der Waals surface area contributed by atoms with Crippen molar-refractivity contribution in [2.24, 2.45) is 12.2 Å². The van der Waals surface area contributed by atoms with Crippen LogP contribution in [0.5, 0.6) is 0 Å². The van der Waals surface area contributed by atoms with Gasteiger partial charge in [-0.2, -0.15) is 0 Å². The van der Waals surface area contributed by atoms with Gasteiger partial charge >= 0.3 is 6.09 Å². The molecule has 0 aliphatic carbocycles. The zero-order valence-corrected chi connectivity index (χ0v) is 13.9. The average Bonchev–Trinajstić information content (AvgIpc) is 3.05. The Balaban J connectivity index is 1.80. The molecule has 0 radical (unpaired) electrons. The number of carboxylic acid groups (broad SMARTS) is 1. The van der Waals surface area contributed by atoms with E-state index in [2.05, 4.69) is 25.4 Å². The minimum absolute atomic E-state index is 0.0106. The lowest BCUT2D eigenvalue weighted by Crippen LogP contribution is -2.11. The molecule has 26 heavy (non-hydrogen) atoms. The fraction of sp³-hybridized carbons (Fsp3) is 0.118. The molecule has 0 aliphatic heterocycles. The minimum atomic E-state index is -1.20. The van der Waals surface area contributed by atoms with Gasteiger partial charge in [0.1, 0.15) is 11.5 Å². The van der Waals surface area contributed by atoms with E-state index in [-0.39, 0.29) is 12.4 Å². The van der Waals surface area contributed by atoms with E-state index in [1.54, 1.807) is 12.5 Å². The second-order valence-electron chi connectivity index (χ2n) is 5.26. The third-order valence-corrected chi connectivity index (χ3v) is 3.40. The van der Waals surface area contributed by atoms with Crippen molar-refractivity contribution in [2.75, 3.05) is 5.32 Å². The normalized spacial score (nSPS) is 11.2. The number of oxime groups is 1. The predicted molar refractivity (Wildman–Crippen MR) is 93.8 cm³/mol. The van der Waals surface area contributed by atoms with Gasteiger partial charge in [-0.3, -0.25) is 5.32 Å². The SMILES string of the molecule is Cn1cncc1C(=NOCc1nccc(NC(=O)O)n1)c1ccccc1. The summed E-state index contributed by atoms with van der Waals surface area (Å²) >= 11 is 0. The quantitative estimate of drug-likeness (QED) is 0.519. The van der Waals surface area contributed by atoms with Crippen LogP contribution in [0.15, 0.2) is 60.3 Å². The molecule has 0 bridgehead atoms. The van der Waals surface area contributed by atoms with Crippen molar-refractivity contribution < 1.29 is 14.7 Å². The first-order valence-electron chi connectivity index (χ1n) is 7.67. The van der Waals surface area contributed by atoms with Crippen molar-refractivity contribution in [2.45, 2.75) is 6.61 Å². The molecule has 0 fully saturated rings. The molecular weight excluding hydrogens is 336 g/mol. The summed E-state index contributed by atoms with van der Waals surface area (Å²) in [6.07, 6.45) is 3.62. The maximum Gasteiger partial charge on any atom is 0.410 e. The van der Waals surface area contributed by atoms with Gasteiger partial charge in [0.25, 0.3) is 0 Å². The number of imidazole rings is 1. The van der Waals surface area contributed by atoms with Crippen molar-refractivity contribution in [3.8, 4) is 0 Å². The van der Waals surface area contributed by atoms with Crippen molar-refractivity contribution in [1.82, 2.24) is 19.5 Å². The van der Waals surface area contributed by atoms with Gasteiger partial charge in [0.15, 0.2) is 12.4 Å². The van der Waals surface area contributed by atoms with E-state index < -0.39 is 6.09 Å². The van der Waals surface area contributed by atoms with Gasteiger partial charge in [-0.05, 0) is 6.07 Å². The average molecular weight is 352 g/mol. The van der Waals surface area contributed by atoms with Crippen molar-refractivity contribution in [1.29, 1.82) is 0 Å². The highest BCUT2D eigenvalue weighted by Gasteiger charge is 2.12. The van der Waals surface area contributed by atoms with Crippen LogP contribution in [0.3, 0.4) is 0 Å². The number of anilines is 1. The Bertz CT molecular complexity index is 923. The highest BCUT2D eigenvalue weighted by Crippen LogP contribution is 2.11. The number of aryl methyl sites for hydroxylation is 1. The molecule has 0 unspecified atom stereocenters. The molecule has 0 atom stereocenters. The van der Waals surface area contributed by atoms with E-state index in [1.807, 2.05) is 41.9 Å². The maximum absolute atomic E-state index is 10.7. The van der Waals surface area contributed by atoms with Gasteiger partial charge in [0, 0.05) is 18.8 Å². The Hall–Kier alpha value is -3.75. The molecule has 0 aliphatic rings. The molecule has 2 aromatic heterocycles. The molecule has 3 aromatic rings. The summed E-state index contributed by atoms with van der Waals surface area (Å²) in [6, 6.07) is 11.0. The molecule has 0 saturated carbocycles. The number of nitrogens with one attached hydrogen (secondary N) is 1. The molecule has 0 spiro atoms. The molecule has 132 valence electrons. The van der Waals surface area contributed by atoms with E-state index in [0.29, 0.717) is 11.5 Å². The molecule has 1 amide bonds. The lowest BCUT2D eigenvalue weighted by molar-refractivity contribution is 0.125. The van der Waals surface area contributed by atoms with Crippen LogP contribution in [-0.2, 0) is 18.5 Å². The molecule has 2 N–H and O–H groups in total. The summed E-state index contributed by atoms with van der Waals surface area (Å²) < 4.78 is 1.84. The minimum Gasteiger partial charge on any atom is -0.465 e. The number of hydrogen-bond donors (Lipinski definition) is 2. The van der Waals surface area contributed by atoms with Crippen LogP contribution < -0.4 is 5.32 Å². The molecule has 2 heterocycles. The number of rotatable bonds is 6. The molecule has 0 saturated heterocycles. The summed E-state index contributed by atoms with van der Waals surface area (Å²) in [5.74, 6) is 0.474. The Morgan fingerprint density at radius 1 is 1.31 bits per heavy atom. The number of nitrogens with zero attached hydrogens (tertiary/aromatic N) is 5. The zero-order chi connectivity index (χ0) is 18.4. The van der Waals surface area contributed by atoms with Crippen LogP contribution in [0.4, 0.5) is 10.6 Å². The van der Waals surface area contributed by atoms with Crippen molar-refractivity contribution in [3.05, 3.63) is 72.2 Å². The van der Waals surface area contributed by atoms with Gasteiger partial charge in [-0.15, -0.1) is 0 Å². The van der Waals surface area contributed by atoms with E-state index in [9.17, 15) is 4.79 Å². The molecule has 1 aromatic carbocycles. The van der Waals surface area contributed by atoms with E-state index in [4.69, 9.17) is 9.94 Å². The lowest BCUT2D eigenvalue weighted by atomic mass is 10.1. The monoisotopic (exact) mass is 352 g/mol. The zero-order valence-electron chi connectivity index (χ0n) is 13.9. The molecule has 3 rings (SSSR count). The Morgan fingerprint density at radius 2 is 2.12 bits per heavy atom. The Labute approximate surface area is 149 Å². The van der Waals surface area contributed by atoms with Crippen LogP contribution in [-0.4, -0.2) is 36.4 Å². The first kappa shape index (κ1) is 17.1. The third-order valence-electron chi connectivity index (χ3n) is 3.40. The van der Waals surface area contributed by atoms with Gasteiger partial charge < -0.3 is 14.5 Å². The van der Waals surface area contributed by atoms with Gasteiger partial charge in [-0.1, -0.05) is 35.5 Å². The third kappa shape index (κ3) is 4.20. The highest BCUT2D eigenvalue weighted by atomic mass is 16.6. The van der Waals surface area contributed by atoms with Crippen LogP contribution in [0, 0.1) is 0 Å². The number of benzene rings is 1. The first-order chi connectivity index (χ1) is 12.6. The summed E-state index contributed by atoms with van der Waals surface area (Å²) in [4.78, 5) is 28.3. The van der Waals surface area contributed by atoms with Gasteiger partial charge in [0.2, 0.25) is 0 Å². The number of carbonyl (C=O) groups is 1. The highest BCUT2D eigenvalue weighted by molar-refractivity contribution is 6.11. The second-order valence-corrected chi connectivity index (χ2v) is 5.26. The lowest BCUT2D eigenvalue weighted by Gasteiger charge is -2.08. The van der Waals surface area contributed by atoms with Crippen LogP contribution >= 0.6 is 0 Å². The standard InChI is InChI=1S/C17H16N6O3/c1-23-11-18-9-13(23)16(12-5-3-2-4-6-12)22-26-10-15-19-8-7-14(20-15)21-17(24)25/h2-9,11H,10H2,1H3,(H,24,25)(H,19,20,21). The summed E-state index contributed by atoms with van der Waals surface area (Å²) in [6.45, 7) is -0.0106. The second kappa shape index (κ2) is 7.88. The van der Waals surface area contributed by atoms with Gasteiger partial charge in [0.05, 0.1) is 18.2 Å². The maximum atomic E-state index is 10.7. The van der Waals surface area contributed by atoms with Crippen LogP contribution in [0.1, 0.15) is 17.1 Å². The van der Waals surface area contributed by atoms with E-state index >= 15 is 0 Å². The van der Waals surface area contributed by atoms with Crippen LogP contribution in [0.25, 0.3) is 0 Å². The number of aromatic nitrogens is 4. The van der Waals surface area contributed by atoms with Gasteiger partial charge in [-0.25, -0.2) is 19.7 Å². The van der Waals surface area contributed by atoms with E-state index in [1.165, 1.54) is 12.3 Å². The molecular formula is C17H16N6O3. The fourth-order valence-corrected chi connectivity index (χ4v) is 2.23. The van der Waals surface area contributed by atoms with Crippen LogP contribution in [0.2, 0.25) is 0 Å². The topological polar surface area (TPSA) is 115 Å². The summed E-state index contributed by atoms with van der Waals surface area (Å²) in [7, 11) is 1.87. The number of hydrogen-bond acceptors (Lipinski definition) is 6. The molecule has 9 heteroatoms. The summed E-state index contributed by atoms with van der Waals surface area (Å²) in [5, 5.41) is 15.1. The Morgan fingerprint density at radius 3 is 2.81 bits per heavy atom.